The highest BCUT2D eigenvalue weighted by Crippen LogP contribution is 2.64. The van der Waals surface area contributed by atoms with Crippen molar-refractivity contribution in [2.45, 2.75) is 48.8 Å². The number of likely N-dealkylation sites (N-methyl/N-ethyl adjacent to an activating group) is 1. The van der Waals surface area contributed by atoms with Crippen molar-refractivity contribution >= 4 is 5.78 Å². The Kier molecular flexibility index (Phi) is 1.60. The van der Waals surface area contributed by atoms with Crippen LogP contribution in [0.1, 0.15) is 37.2 Å². The molecule has 2 aliphatic carbocycles. The number of ketones is 1. The van der Waals surface area contributed by atoms with Crippen LogP contribution in [0, 0.1) is 0 Å². The van der Waals surface area contributed by atoms with Crippen molar-refractivity contribution in [3.63, 3.8) is 0 Å². The zero-order chi connectivity index (χ0) is 21.1. The number of nitrogens with zero attached hydrogens (tertiary/aromatic N) is 1. The van der Waals surface area contributed by atoms with Gasteiger partial charge in [-0.3, -0.25) is 4.79 Å². The Morgan fingerprint density at radius 3 is 3.26 bits per heavy atom. The third kappa shape index (κ3) is 1.32. The third-order valence-corrected chi connectivity index (χ3v) is 5.98. The molecule has 122 valence electrons. The van der Waals surface area contributed by atoms with Crippen LogP contribution in [0.4, 0.5) is 0 Å². The van der Waals surface area contributed by atoms with Crippen molar-refractivity contribution in [2.24, 2.45) is 0 Å². The first-order valence-corrected chi connectivity index (χ1v) is 7.79. The molecule has 1 N–H and O–H groups in total. The van der Waals surface area contributed by atoms with Crippen LogP contribution < -0.4 is 9.47 Å². The van der Waals surface area contributed by atoms with E-state index in [-0.39, 0.29) is 30.0 Å². The van der Waals surface area contributed by atoms with Crippen molar-refractivity contribution in [3.8, 4) is 11.5 Å². The minimum atomic E-state index is -2.35. The summed E-state index contributed by atoms with van der Waals surface area (Å²) < 4.78 is 62.3. The Morgan fingerprint density at radius 2 is 2.48 bits per heavy atom. The van der Waals surface area contributed by atoms with E-state index >= 15 is 0 Å². The molecule has 0 aromatic heterocycles. The topological polar surface area (TPSA) is 59.0 Å². The lowest BCUT2D eigenvalue weighted by atomic mass is 9.49. The van der Waals surface area contributed by atoms with Crippen molar-refractivity contribution in [1.29, 1.82) is 1.43 Å². The maximum absolute atomic E-state index is 13.2. The van der Waals surface area contributed by atoms with Gasteiger partial charge in [-0.05, 0) is 44.5 Å². The summed E-state index contributed by atoms with van der Waals surface area (Å²) in [6.45, 7) is 0.419. The fraction of sp³-hybridized carbons (Fsp3) is 0.611. The number of piperidine rings is 1. The van der Waals surface area contributed by atoms with E-state index < -0.39 is 41.7 Å². The number of carbonyl (C=O) groups is 1. The summed E-state index contributed by atoms with van der Waals surface area (Å²) >= 11 is 0. The van der Waals surface area contributed by atoms with Gasteiger partial charge < -0.3 is 19.5 Å². The van der Waals surface area contributed by atoms with Gasteiger partial charge in [0.2, 0.25) is 1.43 Å². The van der Waals surface area contributed by atoms with Gasteiger partial charge in [-0.1, -0.05) is 6.04 Å². The van der Waals surface area contributed by atoms with Crippen LogP contribution in [0.15, 0.2) is 12.1 Å². The standard InChI is InChI=1S/C18H21NO4/c1-19-8-7-17-14-10-3-4-12(22-2)15(14)23-16(17)11(20)5-6-18(17,21)13(19)9-10/h3-4,13,16,21H,5-9H2,1-2H3/t13-,16?,17+,18-/m1/s1/i3D,4D,5D2,13D,21D. The maximum atomic E-state index is 13.2. The van der Waals surface area contributed by atoms with Crippen LogP contribution in [0.2, 0.25) is 0 Å². The largest absolute Gasteiger partial charge is 0.493 e. The van der Waals surface area contributed by atoms with Gasteiger partial charge in [0.25, 0.3) is 0 Å². The van der Waals surface area contributed by atoms with Crippen molar-refractivity contribution in [2.75, 3.05) is 20.7 Å². The Bertz CT molecular complexity index is 972. The molecule has 0 radical (unpaired) electrons. The summed E-state index contributed by atoms with van der Waals surface area (Å²) in [5.41, 5.74) is -2.08. The van der Waals surface area contributed by atoms with Gasteiger partial charge in [-0.15, -0.1) is 0 Å². The first-order valence-electron chi connectivity index (χ1n) is 10.7. The van der Waals surface area contributed by atoms with Crippen LogP contribution in [0.25, 0.3) is 0 Å². The molecule has 1 saturated carbocycles. The number of carbonyl (C=O) groups excluding carboxylic acids is 1. The van der Waals surface area contributed by atoms with Crippen LogP contribution >= 0.6 is 0 Å². The summed E-state index contributed by atoms with van der Waals surface area (Å²) in [6.07, 6.45) is -3.84. The molecule has 5 heteroatoms. The summed E-state index contributed by atoms with van der Waals surface area (Å²) in [5.74, 6) is -0.602. The Hall–Kier alpha value is -1.59. The van der Waals surface area contributed by atoms with Gasteiger partial charge in [-0.25, -0.2) is 0 Å². The molecule has 4 atom stereocenters. The number of rotatable bonds is 2. The molecule has 0 amide bonds. The number of benzene rings is 1. The average molecular weight is 321 g/mol. The van der Waals surface area contributed by atoms with E-state index in [9.17, 15) is 6.17 Å². The molecular weight excluding hydrogens is 294 g/mol. The summed E-state index contributed by atoms with van der Waals surface area (Å²) in [6, 6.07) is -1.90. The molecule has 2 aliphatic heterocycles. The number of hydrogen-bond acceptors (Lipinski definition) is 5. The summed E-state index contributed by atoms with van der Waals surface area (Å²) in [5, 5.41) is 5.30. The number of likely N-dealkylation sites (tertiary alicyclic amines) is 1. The average Bonchev–Trinajstić information content (AvgIpc) is 3.01. The summed E-state index contributed by atoms with van der Waals surface area (Å²) in [7, 11) is 3.05. The minimum Gasteiger partial charge on any atom is -0.493 e. The molecular formula is C18H21NO4. The Balaban J connectivity index is 1.96. The SMILES string of the molecule is [2H]O[C@@]12CC([2H])([2H])C(=O)C3Oc4c(OC)c([2H])c([2H])c5c4[C@@]31CCN(C)[C@]2([2H])C5. The number of ether oxygens (including phenoxy) is 2. The van der Waals surface area contributed by atoms with Crippen molar-refractivity contribution < 1.29 is 26.2 Å². The second kappa shape index (κ2) is 4.08. The van der Waals surface area contributed by atoms with E-state index in [2.05, 4.69) is 0 Å². The molecule has 1 spiro atoms. The molecule has 5 nitrogen and oxygen atoms in total. The quantitative estimate of drug-likeness (QED) is 0.882. The van der Waals surface area contributed by atoms with E-state index in [0.717, 1.165) is 0 Å². The first kappa shape index (κ1) is 9.04. The third-order valence-electron chi connectivity index (χ3n) is 5.98. The van der Waals surface area contributed by atoms with Crippen LogP contribution in [0.5, 0.6) is 11.5 Å². The van der Waals surface area contributed by atoms with Gasteiger partial charge in [0, 0.05) is 20.7 Å². The molecule has 5 rings (SSSR count). The molecule has 4 aliphatic rings. The van der Waals surface area contributed by atoms with Crippen LogP contribution in [-0.2, 0) is 16.6 Å². The lowest BCUT2D eigenvalue weighted by Gasteiger charge is -2.62. The minimum absolute atomic E-state index is 0.0150. The molecule has 1 aromatic rings. The van der Waals surface area contributed by atoms with E-state index in [1.807, 2.05) is 0 Å². The van der Waals surface area contributed by atoms with Gasteiger partial charge >= 0.3 is 0 Å². The van der Waals surface area contributed by atoms with E-state index in [1.165, 1.54) is 7.11 Å². The molecule has 23 heavy (non-hydrogen) atoms. The van der Waals surface area contributed by atoms with Crippen LogP contribution in [-0.4, -0.2) is 55.6 Å². The zero-order valence-electron chi connectivity index (χ0n) is 19.0. The highest BCUT2D eigenvalue weighted by molar-refractivity contribution is 5.90. The fourth-order valence-electron chi connectivity index (χ4n) is 4.92. The predicted octanol–water partition coefficient (Wildman–Crippen LogP) is 1.05. The fourth-order valence-corrected chi connectivity index (χ4v) is 4.92. The Morgan fingerprint density at radius 1 is 1.61 bits per heavy atom. The van der Waals surface area contributed by atoms with Gasteiger partial charge in [0.15, 0.2) is 23.4 Å². The predicted molar refractivity (Wildman–Crippen MR) is 83.0 cm³/mol. The number of hydrogen-bond donors (Lipinski definition) is 1. The number of Topliss-reactive ketones (excluding diaryl/α,β-unsaturated/α-hetero) is 1. The second-order valence-corrected chi connectivity index (χ2v) is 6.78. The number of methoxy groups -OCH3 is 1. The highest BCUT2D eigenvalue weighted by atomic mass is 16.5. The molecule has 2 bridgehead atoms. The van der Waals surface area contributed by atoms with Gasteiger partial charge in [0.05, 0.1) is 22.2 Å². The van der Waals surface area contributed by atoms with Gasteiger partial charge in [0.1, 0.15) is 0 Å². The highest BCUT2D eigenvalue weighted by Gasteiger charge is 2.72. The maximum Gasteiger partial charge on any atom is 0.211 e. The molecule has 1 unspecified atom stereocenters. The van der Waals surface area contributed by atoms with E-state index in [0.29, 0.717) is 24.1 Å². The monoisotopic (exact) mass is 321 g/mol. The van der Waals surface area contributed by atoms with Crippen LogP contribution in [0.3, 0.4) is 0 Å². The molecule has 2 heterocycles. The second-order valence-electron chi connectivity index (χ2n) is 6.78. The molecule has 2 fully saturated rings. The van der Waals surface area contributed by atoms with Crippen molar-refractivity contribution in [1.82, 2.24) is 4.90 Å². The zero-order valence-corrected chi connectivity index (χ0v) is 13.0. The number of aliphatic hydroxyl groups is 1. The lowest BCUT2D eigenvalue weighted by molar-refractivity contribution is -0.185. The summed E-state index contributed by atoms with van der Waals surface area (Å²) in [4.78, 5) is 14.9. The normalized spacial score (nSPS) is 49.7. The smallest absolute Gasteiger partial charge is 0.211 e. The first-order chi connectivity index (χ1) is 13.5. The molecule has 1 saturated heterocycles. The lowest BCUT2D eigenvalue weighted by Crippen LogP contribution is -2.76. The van der Waals surface area contributed by atoms with E-state index in [4.69, 9.17) is 21.5 Å². The van der Waals surface area contributed by atoms with Gasteiger partial charge in [-0.2, -0.15) is 0 Å². The van der Waals surface area contributed by atoms with E-state index in [1.54, 1.807) is 11.9 Å². The van der Waals surface area contributed by atoms with Crippen molar-refractivity contribution in [3.05, 3.63) is 23.2 Å². The Labute approximate surface area is 143 Å². The molecule has 1 aromatic carbocycles.